The highest BCUT2D eigenvalue weighted by atomic mass is 32.2. The zero-order valence-electron chi connectivity index (χ0n) is 12.0. The molecule has 0 aliphatic heterocycles. The zero-order valence-corrected chi connectivity index (χ0v) is 12.8. The van der Waals surface area contributed by atoms with E-state index >= 15 is 0 Å². The third kappa shape index (κ3) is 4.64. The summed E-state index contributed by atoms with van der Waals surface area (Å²) in [5.74, 6) is 0.368. The SMILES string of the molecule is C/C=C(/C(=O)OC)C(=NC)N=C(SC)C(C)CC. The van der Waals surface area contributed by atoms with Gasteiger partial charge in [-0.3, -0.25) is 4.99 Å². The first-order chi connectivity index (χ1) is 8.55. The second-order valence-electron chi connectivity index (χ2n) is 3.70. The molecular weight excluding hydrogens is 248 g/mol. The third-order valence-corrected chi connectivity index (χ3v) is 3.52. The molecule has 0 aromatic carbocycles. The number of methoxy groups -OCH3 is 1. The van der Waals surface area contributed by atoms with Crippen molar-refractivity contribution in [1.29, 1.82) is 0 Å². The number of ether oxygens (including phenoxy) is 1. The molecule has 0 rings (SSSR count). The minimum atomic E-state index is -0.411. The minimum absolute atomic E-state index is 0.354. The lowest BCUT2D eigenvalue weighted by Gasteiger charge is -2.11. The number of carbonyl (C=O) groups excluding carboxylic acids is 1. The number of hydrogen-bond donors (Lipinski definition) is 0. The van der Waals surface area contributed by atoms with Crippen LogP contribution in [0, 0.1) is 5.92 Å². The lowest BCUT2D eigenvalue weighted by molar-refractivity contribution is -0.135. The van der Waals surface area contributed by atoms with E-state index in [0.29, 0.717) is 17.3 Å². The Kier molecular flexibility index (Phi) is 8.37. The number of rotatable bonds is 4. The molecular formula is C13H22N2O2S. The predicted octanol–water partition coefficient (Wildman–Crippen LogP) is 2.94. The minimum Gasteiger partial charge on any atom is -0.465 e. The topological polar surface area (TPSA) is 51.0 Å². The van der Waals surface area contributed by atoms with Gasteiger partial charge in [0, 0.05) is 13.0 Å². The normalized spacial score (nSPS) is 15.6. The molecule has 0 radical (unpaired) electrons. The molecule has 0 heterocycles. The summed E-state index contributed by atoms with van der Waals surface area (Å²) in [7, 11) is 2.98. The molecule has 0 spiro atoms. The zero-order chi connectivity index (χ0) is 14.1. The number of carbonyl (C=O) groups is 1. The third-order valence-electron chi connectivity index (χ3n) is 2.61. The van der Waals surface area contributed by atoms with Crippen LogP contribution in [-0.2, 0) is 9.53 Å². The van der Waals surface area contributed by atoms with Gasteiger partial charge in [-0.2, -0.15) is 0 Å². The fraction of sp³-hybridized carbons (Fsp3) is 0.615. The number of hydrogen-bond acceptors (Lipinski definition) is 4. The number of nitrogens with zero attached hydrogens (tertiary/aromatic N) is 2. The van der Waals surface area contributed by atoms with E-state index in [1.165, 1.54) is 7.11 Å². The van der Waals surface area contributed by atoms with Gasteiger partial charge in [0.15, 0.2) is 5.84 Å². The van der Waals surface area contributed by atoms with Crippen LogP contribution in [-0.4, -0.2) is 37.3 Å². The van der Waals surface area contributed by atoms with Crippen LogP contribution >= 0.6 is 11.8 Å². The second-order valence-corrected chi connectivity index (χ2v) is 4.53. The smallest absolute Gasteiger partial charge is 0.341 e. The molecule has 1 unspecified atom stereocenters. The van der Waals surface area contributed by atoms with E-state index in [0.717, 1.165) is 11.5 Å². The Hall–Kier alpha value is -1.10. The van der Waals surface area contributed by atoms with E-state index in [2.05, 4.69) is 23.8 Å². The summed E-state index contributed by atoms with van der Waals surface area (Å²) in [6, 6.07) is 0. The van der Waals surface area contributed by atoms with Crippen LogP contribution in [0.4, 0.5) is 0 Å². The van der Waals surface area contributed by atoms with Crippen molar-refractivity contribution in [2.45, 2.75) is 27.2 Å². The lowest BCUT2D eigenvalue weighted by atomic mass is 10.1. The van der Waals surface area contributed by atoms with Crippen molar-refractivity contribution in [2.24, 2.45) is 15.9 Å². The molecule has 102 valence electrons. The standard InChI is InChI=1S/C13H22N2O2S/c1-7-9(3)12(18-6)15-11(14-4)10(8-2)13(16)17-5/h8-9H,7H2,1-6H3/b10-8+,14-11?,15-12?. The van der Waals surface area contributed by atoms with Crippen LogP contribution in [0.2, 0.25) is 0 Å². The average Bonchev–Trinajstić information content (AvgIpc) is 2.41. The van der Waals surface area contributed by atoms with Crippen LogP contribution in [0.25, 0.3) is 0 Å². The molecule has 0 saturated heterocycles. The van der Waals surface area contributed by atoms with Crippen molar-refractivity contribution < 1.29 is 9.53 Å². The summed E-state index contributed by atoms with van der Waals surface area (Å²) < 4.78 is 4.72. The molecule has 0 aromatic heterocycles. The Morgan fingerprint density at radius 1 is 1.50 bits per heavy atom. The summed E-state index contributed by atoms with van der Waals surface area (Å²) in [4.78, 5) is 20.2. The Bertz CT molecular complexity index is 373. The summed E-state index contributed by atoms with van der Waals surface area (Å²) in [5.41, 5.74) is 0.398. The first-order valence-electron chi connectivity index (χ1n) is 5.89. The largest absolute Gasteiger partial charge is 0.465 e. The molecule has 0 bridgehead atoms. The average molecular weight is 270 g/mol. The molecule has 0 amide bonds. The number of esters is 1. The van der Waals surface area contributed by atoms with Gasteiger partial charge in [-0.05, 0) is 19.6 Å². The Labute approximate surface area is 114 Å². The van der Waals surface area contributed by atoms with Crippen molar-refractivity contribution in [2.75, 3.05) is 20.4 Å². The quantitative estimate of drug-likeness (QED) is 0.341. The van der Waals surface area contributed by atoms with Gasteiger partial charge >= 0.3 is 5.97 Å². The summed E-state index contributed by atoms with van der Waals surface area (Å²) in [6.07, 6.45) is 4.65. The van der Waals surface area contributed by atoms with Gasteiger partial charge in [0.2, 0.25) is 0 Å². The second kappa shape index (κ2) is 8.91. The van der Waals surface area contributed by atoms with Gasteiger partial charge in [0.25, 0.3) is 0 Å². The molecule has 5 heteroatoms. The van der Waals surface area contributed by atoms with Crippen molar-refractivity contribution in [3.63, 3.8) is 0 Å². The highest BCUT2D eigenvalue weighted by Gasteiger charge is 2.17. The van der Waals surface area contributed by atoms with E-state index in [1.54, 1.807) is 31.8 Å². The van der Waals surface area contributed by atoms with Gasteiger partial charge in [0.05, 0.1) is 17.7 Å². The van der Waals surface area contributed by atoms with Gasteiger partial charge in [0.1, 0.15) is 0 Å². The highest BCUT2D eigenvalue weighted by Crippen LogP contribution is 2.15. The molecule has 0 saturated carbocycles. The van der Waals surface area contributed by atoms with Crippen LogP contribution in [0.15, 0.2) is 21.6 Å². The predicted molar refractivity (Wildman–Crippen MR) is 79.5 cm³/mol. The lowest BCUT2D eigenvalue weighted by Crippen LogP contribution is -2.16. The monoisotopic (exact) mass is 270 g/mol. The molecule has 1 atom stereocenters. The van der Waals surface area contributed by atoms with E-state index in [9.17, 15) is 4.79 Å². The van der Waals surface area contributed by atoms with E-state index in [-0.39, 0.29) is 0 Å². The van der Waals surface area contributed by atoms with Crippen molar-refractivity contribution in [1.82, 2.24) is 0 Å². The number of thioether (sulfide) groups is 1. The summed E-state index contributed by atoms with van der Waals surface area (Å²) >= 11 is 1.58. The highest BCUT2D eigenvalue weighted by molar-refractivity contribution is 8.13. The van der Waals surface area contributed by atoms with E-state index in [1.807, 2.05) is 6.26 Å². The number of amidine groups is 1. The van der Waals surface area contributed by atoms with Crippen molar-refractivity contribution in [3.05, 3.63) is 11.6 Å². The van der Waals surface area contributed by atoms with Gasteiger partial charge < -0.3 is 4.74 Å². The van der Waals surface area contributed by atoms with Crippen LogP contribution in [0.1, 0.15) is 27.2 Å². The van der Waals surface area contributed by atoms with Crippen LogP contribution < -0.4 is 0 Å². The number of allylic oxidation sites excluding steroid dienone is 1. The van der Waals surface area contributed by atoms with Crippen molar-refractivity contribution >= 4 is 28.6 Å². The Morgan fingerprint density at radius 3 is 2.44 bits per heavy atom. The molecule has 0 aliphatic rings. The summed E-state index contributed by atoms with van der Waals surface area (Å²) in [6.45, 7) is 5.99. The van der Waals surface area contributed by atoms with Gasteiger partial charge in [-0.15, -0.1) is 11.8 Å². The molecule has 4 nitrogen and oxygen atoms in total. The van der Waals surface area contributed by atoms with Crippen LogP contribution in [0.5, 0.6) is 0 Å². The van der Waals surface area contributed by atoms with E-state index < -0.39 is 5.97 Å². The first kappa shape index (κ1) is 16.9. The fourth-order valence-corrected chi connectivity index (χ4v) is 2.06. The molecule has 18 heavy (non-hydrogen) atoms. The molecule has 0 aromatic rings. The molecule has 0 fully saturated rings. The number of aliphatic imine (C=N–C) groups is 2. The first-order valence-corrected chi connectivity index (χ1v) is 7.12. The maximum absolute atomic E-state index is 11.6. The van der Waals surface area contributed by atoms with E-state index in [4.69, 9.17) is 4.74 Å². The Balaban J connectivity index is 5.34. The Morgan fingerprint density at radius 2 is 2.11 bits per heavy atom. The maximum atomic E-state index is 11.6. The van der Waals surface area contributed by atoms with Gasteiger partial charge in [-0.25, -0.2) is 9.79 Å². The molecule has 0 N–H and O–H groups in total. The van der Waals surface area contributed by atoms with Crippen molar-refractivity contribution in [3.8, 4) is 0 Å². The van der Waals surface area contributed by atoms with Crippen LogP contribution in [0.3, 0.4) is 0 Å². The van der Waals surface area contributed by atoms with Gasteiger partial charge in [-0.1, -0.05) is 19.9 Å². The maximum Gasteiger partial charge on any atom is 0.341 e. The molecule has 0 aliphatic carbocycles. The fourth-order valence-electron chi connectivity index (χ4n) is 1.31. The summed E-state index contributed by atoms with van der Waals surface area (Å²) in [5, 5.41) is 0.973.